The van der Waals surface area contributed by atoms with Crippen LogP contribution in [0, 0.1) is 17.2 Å². The van der Waals surface area contributed by atoms with E-state index >= 15 is 0 Å². The molecule has 4 heteroatoms. The second-order valence-corrected chi connectivity index (χ2v) is 3.60. The second-order valence-electron chi connectivity index (χ2n) is 3.60. The fourth-order valence-corrected chi connectivity index (χ4v) is 1.71. The number of nitriles is 1. The number of nitrogens with zero attached hydrogens (tertiary/aromatic N) is 2. The molecule has 0 bridgehead atoms. The van der Waals surface area contributed by atoms with E-state index in [2.05, 4.69) is 0 Å². The third kappa shape index (κ3) is 7.05. The average Bonchev–Trinajstić information content (AvgIpc) is 2.43. The van der Waals surface area contributed by atoms with Gasteiger partial charge in [-0.05, 0) is 19.8 Å². The molecule has 0 aromatic carbocycles. The summed E-state index contributed by atoms with van der Waals surface area (Å²) in [6.07, 6.45) is 1.43. The predicted octanol–water partition coefficient (Wildman–Crippen LogP) is 2.78. The van der Waals surface area contributed by atoms with Crippen LogP contribution in [0.5, 0.6) is 0 Å². The van der Waals surface area contributed by atoms with Crippen molar-refractivity contribution in [1.29, 1.82) is 5.26 Å². The summed E-state index contributed by atoms with van der Waals surface area (Å²) in [5, 5.41) is 8.36. The number of piperidine rings is 1. The van der Waals surface area contributed by atoms with Gasteiger partial charge in [-0.25, -0.2) is 0 Å². The number of rotatable bonds is 2. The van der Waals surface area contributed by atoms with Gasteiger partial charge in [-0.15, -0.1) is 0 Å². The van der Waals surface area contributed by atoms with Crippen molar-refractivity contribution < 1.29 is 9.59 Å². The first-order valence-electron chi connectivity index (χ1n) is 6.80. The largest absolute Gasteiger partial charge is 0.342 e. The van der Waals surface area contributed by atoms with E-state index in [1.807, 2.05) is 33.8 Å². The van der Waals surface area contributed by atoms with E-state index in [1.54, 1.807) is 11.8 Å². The number of hydrogen-bond acceptors (Lipinski definition) is 3. The Morgan fingerprint density at radius 2 is 1.61 bits per heavy atom. The Morgan fingerprint density at radius 3 is 1.94 bits per heavy atom. The highest BCUT2D eigenvalue weighted by Crippen LogP contribution is 2.18. The van der Waals surface area contributed by atoms with Gasteiger partial charge < -0.3 is 4.90 Å². The number of hydrogen-bond donors (Lipinski definition) is 0. The fourth-order valence-electron chi connectivity index (χ4n) is 1.71. The first kappa shape index (κ1) is 19.0. The molecule has 18 heavy (non-hydrogen) atoms. The summed E-state index contributed by atoms with van der Waals surface area (Å²) in [6, 6.07) is 1.84. The molecule has 0 radical (unpaired) electrons. The van der Waals surface area contributed by atoms with E-state index in [0.29, 0.717) is 13.1 Å². The summed E-state index contributed by atoms with van der Waals surface area (Å²) in [4.78, 5) is 24.0. The van der Waals surface area contributed by atoms with Gasteiger partial charge in [-0.3, -0.25) is 9.59 Å². The molecule has 0 N–H and O–H groups in total. The summed E-state index contributed by atoms with van der Waals surface area (Å²) < 4.78 is 0. The van der Waals surface area contributed by atoms with Crippen molar-refractivity contribution in [3.05, 3.63) is 0 Å². The summed E-state index contributed by atoms with van der Waals surface area (Å²) in [6.45, 7) is 10.8. The molecule has 1 rings (SSSR count). The highest BCUT2D eigenvalue weighted by Gasteiger charge is 2.24. The average molecular weight is 254 g/mol. The van der Waals surface area contributed by atoms with Crippen LogP contribution in [-0.2, 0) is 9.59 Å². The maximum atomic E-state index is 11.3. The highest BCUT2D eigenvalue weighted by atomic mass is 16.2. The molecule has 104 valence electrons. The Labute approximate surface area is 111 Å². The van der Waals surface area contributed by atoms with Crippen LogP contribution in [0.3, 0.4) is 0 Å². The zero-order chi connectivity index (χ0) is 14.6. The van der Waals surface area contributed by atoms with Crippen LogP contribution in [0.4, 0.5) is 0 Å². The molecule has 4 nitrogen and oxygen atoms in total. The summed E-state index contributed by atoms with van der Waals surface area (Å²) in [5.41, 5.74) is 0. The van der Waals surface area contributed by atoms with E-state index in [0.717, 1.165) is 12.8 Å². The topological polar surface area (TPSA) is 61.2 Å². The Morgan fingerprint density at radius 1 is 1.17 bits per heavy atom. The maximum Gasteiger partial charge on any atom is 0.236 e. The van der Waals surface area contributed by atoms with Crippen molar-refractivity contribution in [2.75, 3.05) is 13.1 Å². The van der Waals surface area contributed by atoms with E-state index in [9.17, 15) is 9.59 Å². The number of carbonyl (C=O) groups excluding carboxylic acids is 2. The van der Waals surface area contributed by atoms with Crippen molar-refractivity contribution in [3.8, 4) is 6.07 Å². The minimum atomic E-state index is -0.116. The molecule has 1 saturated heterocycles. The van der Waals surface area contributed by atoms with Crippen LogP contribution >= 0.6 is 0 Å². The molecule has 0 unspecified atom stereocenters. The van der Waals surface area contributed by atoms with Crippen molar-refractivity contribution in [2.45, 2.75) is 53.9 Å². The van der Waals surface area contributed by atoms with Gasteiger partial charge in [0, 0.05) is 19.0 Å². The quantitative estimate of drug-likeness (QED) is 0.761. The van der Waals surface area contributed by atoms with E-state index < -0.39 is 0 Å². The van der Waals surface area contributed by atoms with Gasteiger partial charge in [-0.2, -0.15) is 5.26 Å². The molecule has 0 aliphatic carbocycles. The third-order valence-corrected chi connectivity index (χ3v) is 2.65. The summed E-state index contributed by atoms with van der Waals surface area (Å²) >= 11 is 0. The Balaban J connectivity index is 0. The molecule has 0 saturated carbocycles. The van der Waals surface area contributed by atoms with E-state index in [-0.39, 0.29) is 24.0 Å². The van der Waals surface area contributed by atoms with E-state index in [1.165, 1.54) is 0 Å². The summed E-state index contributed by atoms with van der Waals surface area (Å²) in [7, 11) is 0. The standard InChI is InChI=1S/C10H14N2O2.2C2H6/c1-8(13)9-3-6-12(7-4-9)10(14)2-5-11;2*1-2/h9H,2-4,6-7H2,1H3;2*1-2H3. The molecule has 0 aromatic rings. The fraction of sp³-hybridized carbons (Fsp3) is 0.786. The van der Waals surface area contributed by atoms with Gasteiger partial charge in [0.1, 0.15) is 12.2 Å². The first-order chi connectivity index (χ1) is 8.65. The van der Waals surface area contributed by atoms with Crippen molar-refractivity contribution in [3.63, 3.8) is 0 Å². The normalized spacial score (nSPS) is 14.3. The smallest absolute Gasteiger partial charge is 0.236 e. The highest BCUT2D eigenvalue weighted by molar-refractivity contribution is 5.80. The molecule has 1 aliphatic heterocycles. The van der Waals surface area contributed by atoms with E-state index in [4.69, 9.17) is 5.26 Å². The predicted molar refractivity (Wildman–Crippen MR) is 72.9 cm³/mol. The monoisotopic (exact) mass is 254 g/mol. The van der Waals surface area contributed by atoms with Crippen molar-refractivity contribution in [2.24, 2.45) is 5.92 Å². The molecular formula is C14H26N2O2. The van der Waals surface area contributed by atoms with Crippen molar-refractivity contribution >= 4 is 11.7 Å². The molecule has 0 spiro atoms. The lowest BCUT2D eigenvalue weighted by Crippen LogP contribution is -2.39. The minimum Gasteiger partial charge on any atom is -0.342 e. The van der Waals surface area contributed by atoms with Gasteiger partial charge >= 0.3 is 0 Å². The number of Topliss-reactive ketones (excluding diaryl/α,β-unsaturated/α-hetero) is 1. The lowest BCUT2D eigenvalue weighted by Gasteiger charge is -2.30. The van der Waals surface area contributed by atoms with Crippen LogP contribution in [0.15, 0.2) is 0 Å². The molecule has 1 amide bonds. The van der Waals surface area contributed by atoms with Gasteiger partial charge in [0.25, 0.3) is 0 Å². The van der Waals surface area contributed by atoms with Gasteiger partial charge in [0.15, 0.2) is 0 Å². The molecule has 1 heterocycles. The second kappa shape index (κ2) is 12.1. The SMILES string of the molecule is CC.CC.CC(=O)C1CCN(C(=O)CC#N)CC1. The third-order valence-electron chi connectivity index (χ3n) is 2.65. The lowest BCUT2D eigenvalue weighted by atomic mass is 9.93. The molecule has 1 fully saturated rings. The van der Waals surface area contributed by atoms with Crippen LogP contribution in [-0.4, -0.2) is 29.7 Å². The Hall–Kier alpha value is -1.37. The van der Waals surface area contributed by atoms with Crippen LogP contribution in [0.1, 0.15) is 53.9 Å². The first-order valence-corrected chi connectivity index (χ1v) is 6.80. The zero-order valence-corrected chi connectivity index (χ0v) is 12.3. The van der Waals surface area contributed by atoms with Gasteiger partial charge in [-0.1, -0.05) is 27.7 Å². The molecule has 1 aliphatic rings. The number of carbonyl (C=O) groups is 2. The zero-order valence-electron chi connectivity index (χ0n) is 12.3. The lowest BCUT2D eigenvalue weighted by molar-refractivity contribution is -0.133. The van der Waals surface area contributed by atoms with Crippen LogP contribution in [0.2, 0.25) is 0 Å². The number of likely N-dealkylation sites (tertiary alicyclic amines) is 1. The van der Waals surface area contributed by atoms with Crippen LogP contribution in [0.25, 0.3) is 0 Å². The molecule has 0 atom stereocenters. The Kier molecular flexibility index (Phi) is 12.8. The number of ketones is 1. The van der Waals surface area contributed by atoms with Crippen LogP contribution < -0.4 is 0 Å². The van der Waals surface area contributed by atoms with Crippen molar-refractivity contribution in [1.82, 2.24) is 4.90 Å². The molecule has 0 aromatic heterocycles. The molecular weight excluding hydrogens is 228 g/mol. The van der Waals surface area contributed by atoms with Gasteiger partial charge in [0.05, 0.1) is 6.07 Å². The Bertz CT molecular complexity index is 274. The minimum absolute atomic E-state index is 0.0509. The number of amides is 1. The summed E-state index contributed by atoms with van der Waals surface area (Å²) in [5.74, 6) is 0.202. The maximum absolute atomic E-state index is 11.3. The van der Waals surface area contributed by atoms with Gasteiger partial charge in [0.2, 0.25) is 5.91 Å².